The summed E-state index contributed by atoms with van der Waals surface area (Å²) in [5, 5.41) is 5.31. The van der Waals surface area contributed by atoms with E-state index in [2.05, 4.69) is 47.5 Å². The molecule has 3 fully saturated rings. The summed E-state index contributed by atoms with van der Waals surface area (Å²) in [6.45, 7) is -4.28. The number of carbonyl (C=O) groups excluding carboxylic acids is 2. The van der Waals surface area contributed by atoms with E-state index in [1.807, 2.05) is 0 Å². The van der Waals surface area contributed by atoms with Gasteiger partial charge in [-0.15, -0.1) is 0 Å². The molecule has 0 spiro atoms. The van der Waals surface area contributed by atoms with Crippen molar-refractivity contribution in [1.82, 2.24) is 44.4 Å². The van der Waals surface area contributed by atoms with E-state index in [0.29, 0.717) is 29.1 Å². The first-order valence-electron chi connectivity index (χ1n) is 20.3. The average Bonchev–Trinajstić information content (AvgIpc) is 4.04. The summed E-state index contributed by atoms with van der Waals surface area (Å²) in [5.41, 5.74) is 11.8. The molecule has 0 aliphatic carbocycles. The number of nitrogen functional groups attached to an aromatic ring is 2. The molecule has 7 N–H and O–H groups in total. The third-order valence-corrected chi connectivity index (χ3v) is 15.3. The molecule has 7 heterocycles. The van der Waals surface area contributed by atoms with Crippen LogP contribution in [0.25, 0.3) is 22.3 Å². The SMILES string of the molecule is [B][P@]1(=O)OC[C@H]2O[C@@H](n3cnc4c(N)ncnc43)[C@H](F)[C@@H]2O[P@](=O)(SCc2ccc(NC(=O)CNC(=O)CCCCCC)cc2)OC[C@H]2O[C@@H](n3cnc4c(=O)[nH]c(N)nc43)[C@H](F)[C@@H]2O1. The zero-order chi connectivity index (χ0) is 46.0. The van der Waals surface area contributed by atoms with Crippen molar-refractivity contribution in [1.29, 1.82) is 0 Å². The number of H-pyrrole nitrogens is 1. The molecule has 346 valence electrons. The number of benzene rings is 1. The molecule has 23 nitrogen and oxygen atoms in total. The molecule has 0 saturated carbocycles. The molecule has 2 amide bonds. The topological polar surface area (TPSA) is 307 Å². The Morgan fingerprint density at radius 3 is 2.26 bits per heavy atom. The fraction of sp³-hybridized carbons (Fsp3) is 0.500. The molecule has 3 aliphatic heterocycles. The molecule has 5 aromatic rings. The van der Waals surface area contributed by atoms with Crippen molar-refractivity contribution in [3.8, 4) is 0 Å². The van der Waals surface area contributed by atoms with Crippen LogP contribution in [0.15, 0.2) is 48.0 Å². The molecule has 8 rings (SSSR count). The highest BCUT2D eigenvalue weighted by molar-refractivity contribution is 8.54. The number of nitrogens with two attached hydrogens (primary N) is 2. The van der Waals surface area contributed by atoms with E-state index in [1.54, 1.807) is 24.3 Å². The Bertz CT molecular complexity index is 2700. The van der Waals surface area contributed by atoms with E-state index in [9.17, 15) is 23.5 Å². The van der Waals surface area contributed by atoms with Gasteiger partial charge in [-0.05, 0) is 35.5 Å². The quantitative estimate of drug-likeness (QED) is 0.0637. The highest BCUT2D eigenvalue weighted by atomic mass is 32.7. The van der Waals surface area contributed by atoms with Crippen molar-refractivity contribution in [3.05, 3.63) is 59.2 Å². The summed E-state index contributed by atoms with van der Waals surface area (Å²) < 4.78 is 99.3. The first-order chi connectivity index (χ1) is 31.1. The van der Waals surface area contributed by atoms with Gasteiger partial charge in [0.05, 0.1) is 32.4 Å². The zero-order valence-corrected chi connectivity index (χ0v) is 37.0. The Kier molecular flexibility index (Phi) is 14.0. The Morgan fingerprint density at radius 1 is 0.892 bits per heavy atom. The first kappa shape index (κ1) is 46.7. The van der Waals surface area contributed by atoms with Gasteiger partial charge in [-0.1, -0.05) is 38.3 Å². The number of hydrogen-bond acceptors (Lipinski definition) is 19. The smallest absolute Gasteiger partial charge is 0.382 e. The summed E-state index contributed by atoms with van der Waals surface area (Å²) in [6, 6.07) is 6.42. The molecular formula is C36H43BF2N12O11P2S. The zero-order valence-electron chi connectivity index (χ0n) is 34.4. The number of nitrogens with one attached hydrogen (secondary N) is 3. The van der Waals surface area contributed by atoms with Gasteiger partial charge in [0.2, 0.25) is 25.3 Å². The number of nitrogens with zero attached hydrogens (tertiary/aromatic N) is 7. The molecule has 3 aliphatic rings. The van der Waals surface area contributed by atoms with Gasteiger partial charge in [-0.25, -0.2) is 33.3 Å². The van der Waals surface area contributed by atoms with Crippen LogP contribution in [0.1, 0.15) is 57.0 Å². The number of rotatable bonds is 13. The summed E-state index contributed by atoms with van der Waals surface area (Å²) in [6.07, 6.45) is -6.68. The number of ether oxygens (including phenoxy) is 2. The van der Waals surface area contributed by atoms with Crippen molar-refractivity contribution in [2.75, 3.05) is 36.5 Å². The molecule has 1 aromatic carbocycles. The number of imidazole rings is 2. The molecular weight excluding hydrogens is 919 g/mol. The van der Waals surface area contributed by atoms with Crippen molar-refractivity contribution in [2.45, 2.75) is 94.0 Å². The van der Waals surface area contributed by atoms with Crippen LogP contribution in [0.4, 0.5) is 26.2 Å². The molecule has 10 atom stereocenters. The second kappa shape index (κ2) is 19.6. The van der Waals surface area contributed by atoms with Crippen LogP contribution in [-0.4, -0.2) is 115 Å². The van der Waals surface area contributed by atoms with Gasteiger partial charge in [0.15, 0.2) is 47.4 Å². The van der Waals surface area contributed by atoms with Gasteiger partial charge in [0.1, 0.15) is 36.3 Å². The van der Waals surface area contributed by atoms with Crippen molar-refractivity contribution >= 4 is 84.8 Å². The maximum Gasteiger partial charge on any atom is 0.389 e. The van der Waals surface area contributed by atoms with Gasteiger partial charge >= 0.3 is 6.80 Å². The number of carbonyl (C=O) groups is 2. The minimum Gasteiger partial charge on any atom is -0.382 e. The minimum absolute atomic E-state index is 0.00705. The third-order valence-electron chi connectivity index (χ3n) is 10.6. The summed E-state index contributed by atoms with van der Waals surface area (Å²) in [5.74, 6) is -1.03. The van der Waals surface area contributed by atoms with E-state index in [1.165, 1.54) is 10.9 Å². The van der Waals surface area contributed by atoms with Crippen LogP contribution >= 0.6 is 25.7 Å². The first-order valence-corrected chi connectivity index (χ1v) is 25.1. The van der Waals surface area contributed by atoms with Gasteiger partial charge in [-0.2, -0.15) is 4.98 Å². The van der Waals surface area contributed by atoms with Gasteiger partial charge in [-0.3, -0.25) is 42.1 Å². The number of aromatic amines is 1. The van der Waals surface area contributed by atoms with Crippen LogP contribution in [0, 0.1) is 0 Å². The Balaban J connectivity index is 1.03. The molecule has 0 bridgehead atoms. The number of unbranched alkanes of at least 4 members (excludes halogenated alkanes) is 3. The number of amides is 2. The monoisotopic (exact) mass is 962 g/mol. The molecule has 3 saturated heterocycles. The molecule has 29 heteroatoms. The number of alkyl halides is 2. The number of aromatic nitrogens is 8. The average molecular weight is 963 g/mol. The number of hydrogen-bond donors (Lipinski definition) is 5. The highest BCUT2D eigenvalue weighted by Gasteiger charge is 2.54. The number of halogens is 2. The molecule has 65 heavy (non-hydrogen) atoms. The van der Waals surface area contributed by atoms with Crippen molar-refractivity contribution in [3.63, 3.8) is 0 Å². The lowest BCUT2D eigenvalue weighted by Crippen LogP contribution is -2.37. The third kappa shape index (κ3) is 10.4. The summed E-state index contributed by atoms with van der Waals surface area (Å²) in [4.78, 5) is 59.7. The normalized spacial score (nSPS) is 29.5. The van der Waals surface area contributed by atoms with E-state index in [-0.39, 0.29) is 52.3 Å². The molecule has 4 aromatic heterocycles. The van der Waals surface area contributed by atoms with E-state index in [4.69, 9.17) is 46.6 Å². The second-order valence-corrected chi connectivity index (χ2v) is 20.8. The highest BCUT2D eigenvalue weighted by Crippen LogP contribution is 2.65. The van der Waals surface area contributed by atoms with E-state index < -0.39 is 88.2 Å². The lowest BCUT2D eigenvalue weighted by atomic mass is 10.1. The van der Waals surface area contributed by atoms with Crippen LogP contribution in [0.2, 0.25) is 0 Å². The van der Waals surface area contributed by atoms with Crippen LogP contribution in [-0.2, 0) is 52.0 Å². The van der Waals surface area contributed by atoms with E-state index in [0.717, 1.165) is 42.9 Å². The maximum absolute atomic E-state index is 16.8. The summed E-state index contributed by atoms with van der Waals surface area (Å²) >= 11 is 0.647. The Morgan fingerprint density at radius 2 is 1.55 bits per heavy atom. The van der Waals surface area contributed by atoms with Crippen LogP contribution in [0.5, 0.6) is 0 Å². The number of anilines is 3. The van der Waals surface area contributed by atoms with Gasteiger partial charge in [0.25, 0.3) is 13.0 Å². The van der Waals surface area contributed by atoms with Crippen molar-refractivity contribution in [2.24, 2.45) is 0 Å². The predicted molar refractivity (Wildman–Crippen MR) is 231 cm³/mol. The maximum atomic E-state index is 16.8. The van der Waals surface area contributed by atoms with Crippen LogP contribution < -0.4 is 27.7 Å². The fourth-order valence-electron chi connectivity index (χ4n) is 7.35. The van der Waals surface area contributed by atoms with Gasteiger partial charge < -0.3 is 40.6 Å². The van der Waals surface area contributed by atoms with Gasteiger partial charge in [0, 0.05) is 17.9 Å². The Hall–Kier alpha value is -4.85. The Labute approximate surface area is 373 Å². The summed E-state index contributed by atoms with van der Waals surface area (Å²) in [7, 11) is 1.24. The van der Waals surface area contributed by atoms with E-state index >= 15 is 8.78 Å². The fourth-order valence-corrected chi connectivity index (χ4v) is 11.7. The molecule has 2 radical (unpaired) electrons. The standard InChI is InChI=1S/C36H43BF2N12O11P2S/c1-2-3-4-5-6-22(52)42-11-23(53)47-19-9-7-18(8-10-19)14-65-64(56)58-13-21-28(24(38)35(60-21)51-17-46-27-32(51)48-36(41)49-33(27)54)61-63(37,55)57-12-20-29(62-64)25(39)34(59-20)50-16-45-26-30(40)43-15-44-31(26)50/h7-10,15-17,20-21,24-25,28-29,34-35H,2-6,11-14H2,1H3,(H,42,52)(H,47,53)(H2,40,43,44)(H3,41,48,49,54)/t20-,21-,24-,25-,28-,29-,34-,35-,63+,64-/m1/s1. The largest absolute Gasteiger partial charge is 0.389 e. The molecule has 0 unspecified atom stereocenters. The predicted octanol–water partition coefficient (Wildman–Crippen LogP) is 3.76. The second-order valence-electron chi connectivity index (χ2n) is 15.2. The number of fused-ring (bicyclic) bond motifs is 4. The minimum atomic E-state index is -4.75. The lowest BCUT2D eigenvalue weighted by Gasteiger charge is -2.30. The van der Waals surface area contributed by atoms with Crippen LogP contribution in [0.3, 0.4) is 0 Å². The van der Waals surface area contributed by atoms with Crippen molar-refractivity contribution < 1.29 is 55.1 Å². The lowest BCUT2D eigenvalue weighted by molar-refractivity contribution is -0.124.